The number of allylic oxidation sites excluding steroid dienone is 1. The number of rotatable bonds is 2. The summed E-state index contributed by atoms with van der Waals surface area (Å²) in [5.74, 6) is 0.930. The highest BCUT2D eigenvalue weighted by atomic mass is 16.5. The van der Waals surface area contributed by atoms with Gasteiger partial charge in [-0.25, -0.2) is 0 Å². The molecule has 0 aromatic heterocycles. The Morgan fingerprint density at radius 1 is 1.80 bits per heavy atom. The molecule has 1 N–H and O–H groups in total. The molecule has 0 radical (unpaired) electrons. The lowest BCUT2D eigenvalue weighted by Gasteiger charge is -2.24. The van der Waals surface area contributed by atoms with Crippen LogP contribution in [0.1, 0.15) is 6.92 Å². The van der Waals surface area contributed by atoms with E-state index < -0.39 is 0 Å². The maximum absolute atomic E-state index is 8.59. The van der Waals surface area contributed by atoms with Gasteiger partial charge in [0.25, 0.3) is 0 Å². The molecule has 1 rings (SSSR count). The Balaban J connectivity index is 2.38. The van der Waals surface area contributed by atoms with Crippen molar-refractivity contribution in [2.45, 2.75) is 6.92 Å². The van der Waals surface area contributed by atoms with Crippen LogP contribution in [0, 0.1) is 0 Å². The summed E-state index contributed by atoms with van der Waals surface area (Å²) < 4.78 is 5.19. The van der Waals surface area contributed by atoms with Gasteiger partial charge in [0, 0.05) is 12.7 Å². The third kappa shape index (κ3) is 1.92. The summed E-state index contributed by atoms with van der Waals surface area (Å²) in [5, 5.41) is 8.59. The van der Waals surface area contributed by atoms with Crippen LogP contribution in [0.25, 0.3) is 0 Å². The van der Waals surface area contributed by atoms with Crippen molar-refractivity contribution in [3.05, 3.63) is 12.0 Å². The Bertz CT molecular complexity index is 134. The summed E-state index contributed by atoms with van der Waals surface area (Å²) in [6.45, 7) is 4.47. The second-order valence-electron chi connectivity index (χ2n) is 2.35. The summed E-state index contributed by atoms with van der Waals surface area (Å²) >= 11 is 0. The fourth-order valence-corrected chi connectivity index (χ4v) is 0.988. The zero-order valence-corrected chi connectivity index (χ0v) is 6.21. The van der Waals surface area contributed by atoms with E-state index in [0.29, 0.717) is 6.54 Å². The number of aliphatic hydroxyl groups is 1. The average Bonchev–Trinajstić information content (AvgIpc) is 1.88. The zero-order valence-electron chi connectivity index (χ0n) is 6.21. The first-order valence-corrected chi connectivity index (χ1v) is 3.49. The molecule has 0 aromatic rings. The van der Waals surface area contributed by atoms with Gasteiger partial charge in [-0.2, -0.15) is 0 Å². The second kappa shape index (κ2) is 3.46. The lowest BCUT2D eigenvalue weighted by molar-refractivity contribution is 0.131. The number of aliphatic hydroxyl groups excluding tert-OH is 1. The highest BCUT2D eigenvalue weighted by Gasteiger charge is 2.05. The Kier molecular flexibility index (Phi) is 2.57. The molecule has 3 heteroatoms. The van der Waals surface area contributed by atoms with Crippen LogP contribution in [0.5, 0.6) is 0 Å². The molecule has 0 unspecified atom stereocenters. The van der Waals surface area contributed by atoms with Gasteiger partial charge in [0.2, 0.25) is 0 Å². The maximum atomic E-state index is 8.59. The predicted octanol–water partition coefficient (Wildman–Crippen LogP) is 0.172. The fourth-order valence-electron chi connectivity index (χ4n) is 0.988. The van der Waals surface area contributed by atoms with E-state index in [0.717, 1.165) is 18.9 Å². The summed E-state index contributed by atoms with van der Waals surface area (Å²) in [7, 11) is 0. The molecule has 0 saturated carbocycles. The summed E-state index contributed by atoms with van der Waals surface area (Å²) in [6.07, 6.45) is 1.93. The Labute approximate surface area is 60.9 Å². The molecular formula is C7H13NO2. The Morgan fingerprint density at radius 3 is 3.20 bits per heavy atom. The van der Waals surface area contributed by atoms with Crippen LogP contribution in [0.2, 0.25) is 0 Å². The van der Waals surface area contributed by atoms with Crippen molar-refractivity contribution in [2.75, 3.05) is 26.3 Å². The van der Waals surface area contributed by atoms with Crippen molar-refractivity contribution in [2.24, 2.45) is 0 Å². The van der Waals surface area contributed by atoms with Gasteiger partial charge in [-0.1, -0.05) is 0 Å². The number of hydrogen-bond donors (Lipinski definition) is 1. The van der Waals surface area contributed by atoms with Crippen molar-refractivity contribution in [3.8, 4) is 0 Å². The second-order valence-corrected chi connectivity index (χ2v) is 2.35. The van der Waals surface area contributed by atoms with Gasteiger partial charge in [-0.05, 0) is 6.92 Å². The van der Waals surface area contributed by atoms with E-state index >= 15 is 0 Å². The van der Waals surface area contributed by atoms with Gasteiger partial charge in [-0.15, -0.1) is 0 Å². The summed E-state index contributed by atoms with van der Waals surface area (Å²) in [6, 6.07) is 0. The van der Waals surface area contributed by atoms with Gasteiger partial charge in [0.15, 0.2) is 0 Å². The topological polar surface area (TPSA) is 32.7 Å². The van der Waals surface area contributed by atoms with Crippen LogP contribution >= 0.6 is 0 Å². The molecule has 0 atom stereocenters. The van der Waals surface area contributed by atoms with E-state index in [9.17, 15) is 0 Å². The average molecular weight is 143 g/mol. The monoisotopic (exact) mass is 143 g/mol. The minimum absolute atomic E-state index is 0.212. The molecule has 1 aliphatic heterocycles. The molecule has 1 aliphatic rings. The number of ether oxygens (including phenoxy) is 1. The molecule has 0 bridgehead atoms. The quantitative estimate of drug-likeness (QED) is 0.598. The van der Waals surface area contributed by atoms with E-state index in [1.54, 1.807) is 0 Å². The van der Waals surface area contributed by atoms with E-state index in [1.165, 1.54) is 0 Å². The van der Waals surface area contributed by atoms with E-state index in [-0.39, 0.29) is 6.61 Å². The molecule has 3 nitrogen and oxygen atoms in total. The lowest BCUT2D eigenvalue weighted by Crippen LogP contribution is -2.29. The molecular weight excluding hydrogens is 130 g/mol. The summed E-state index contributed by atoms with van der Waals surface area (Å²) in [4.78, 5) is 2.05. The predicted molar refractivity (Wildman–Crippen MR) is 38.4 cm³/mol. The van der Waals surface area contributed by atoms with Crippen LogP contribution in [0.4, 0.5) is 0 Å². The largest absolute Gasteiger partial charge is 0.495 e. The highest BCUT2D eigenvalue weighted by Crippen LogP contribution is 2.04. The van der Waals surface area contributed by atoms with E-state index in [2.05, 4.69) is 4.90 Å². The normalized spacial score (nSPS) is 18.2. The molecule has 1 heterocycles. The van der Waals surface area contributed by atoms with Crippen molar-refractivity contribution >= 4 is 0 Å². The molecule has 0 fully saturated rings. The SMILES string of the molecule is CC1=CN(CCO)CCO1. The molecule has 0 aliphatic carbocycles. The van der Waals surface area contributed by atoms with Crippen LogP contribution < -0.4 is 0 Å². The Hall–Kier alpha value is -0.700. The number of nitrogens with zero attached hydrogens (tertiary/aromatic N) is 1. The first-order valence-electron chi connectivity index (χ1n) is 3.49. The Morgan fingerprint density at radius 2 is 2.60 bits per heavy atom. The lowest BCUT2D eigenvalue weighted by atomic mass is 10.4. The smallest absolute Gasteiger partial charge is 0.109 e. The van der Waals surface area contributed by atoms with E-state index in [4.69, 9.17) is 9.84 Å². The van der Waals surface area contributed by atoms with Crippen molar-refractivity contribution < 1.29 is 9.84 Å². The zero-order chi connectivity index (χ0) is 7.40. The van der Waals surface area contributed by atoms with Gasteiger partial charge < -0.3 is 14.7 Å². The first kappa shape index (κ1) is 7.41. The minimum atomic E-state index is 0.212. The molecule has 0 saturated heterocycles. The number of hydrogen-bond acceptors (Lipinski definition) is 3. The van der Waals surface area contributed by atoms with E-state index in [1.807, 2.05) is 13.1 Å². The highest BCUT2D eigenvalue weighted by molar-refractivity contribution is 4.91. The van der Waals surface area contributed by atoms with Crippen LogP contribution in [-0.2, 0) is 4.74 Å². The van der Waals surface area contributed by atoms with Gasteiger partial charge in [0.1, 0.15) is 12.4 Å². The van der Waals surface area contributed by atoms with Crippen LogP contribution in [-0.4, -0.2) is 36.3 Å². The molecule has 58 valence electrons. The van der Waals surface area contributed by atoms with Gasteiger partial charge in [0.05, 0.1) is 13.2 Å². The fraction of sp³-hybridized carbons (Fsp3) is 0.714. The van der Waals surface area contributed by atoms with Crippen molar-refractivity contribution in [1.82, 2.24) is 4.90 Å². The minimum Gasteiger partial charge on any atom is -0.495 e. The third-order valence-electron chi connectivity index (χ3n) is 1.46. The van der Waals surface area contributed by atoms with Crippen molar-refractivity contribution in [3.63, 3.8) is 0 Å². The maximum Gasteiger partial charge on any atom is 0.109 e. The van der Waals surface area contributed by atoms with Gasteiger partial charge >= 0.3 is 0 Å². The number of β-amino-alcohol motifs (C(OH)–C–C–N with tert-alkyl or cyclic N) is 1. The summed E-state index contributed by atoms with van der Waals surface area (Å²) in [5.41, 5.74) is 0. The standard InChI is InChI=1S/C7H13NO2/c1-7-6-8(2-4-9)3-5-10-7/h6,9H,2-5H2,1H3. The third-order valence-corrected chi connectivity index (χ3v) is 1.46. The molecule has 0 spiro atoms. The van der Waals surface area contributed by atoms with Crippen LogP contribution in [0.15, 0.2) is 12.0 Å². The van der Waals surface area contributed by atoms with Crippen molar-refractivity contribution in [1.29, 1.82) is 0 Å². The molecule has 10 heavy (non-hydrogen) atoms. The van der Waals surface area contributed by atoms with Gasteiger partial charge in [-0.3, -0.25) is 0 Å². The first-order chi connectivity index (χ1) is 4.83. The molecule has 0 aromatic carbocycles. The molecule has 0 amide bonds. The van der Waals surface area contributed by atoms with Crippen LogP contribution in [0.3, 0.4) is 0 Å².